The van der Waals surface area contributed by atoms with Gasteiger partial charge in [0.2, 0.25) is 0 Å². The van der Waals surface area contributed by atoms with Crippen molar-refractivity contribution in [1.29, 1.82) is 0 Å². The molecule has 3 aromatic rings. The summed E-state index contributed by atoms with van der Waals surface area (Å²) in [6, 6.07) is 15.7. The molecule has 4 rings (SSSR count). The number of hydrogen-bond donors (Lipinski definition) is 0. The van der Waals surface area contributed by atoms with Gasteiger partial charge < -0.3 is 4.74 Å². The van der Waals surface area contributed by atoms with Crippen LogP contribution in [0.15, 0.2) is 53.3 Å². The minimum Gasteiger partial charge on any atom is -0.497 e. The van der Waals surface area contributed by atoms with E-state index in [0.29, 0.717) is 11.3 Å². The summed E-state index contributed by atoms with van der Waals surface area (Å²) in [5.41, 5.74) is 1.75. The molecule has 0 aliphatic heterocycles. The van der Waals surface area contributed by atoms with Crippen LogP contribution in [0.3, 0.4) is 0 Å². The first-order chi connectivity index (χ1) is 12.3. The lowest BCUT2D eigenvalue weighted by atomic mass is 9.88. The summed E-state index contributed by atoms with van der Waals surface area (Å²) < 4.78 is 7.55. The number of rotatable bonds is 3. The van der Waals surface area contributed by atoms with E-state index in [0.717, 1.165) is 35.6 Å². The molecule has 0 atom stereocenters. The molecule has 0 unspecified atom stereocenters. The maximum atomic E-state index is 12.7. The molecule has 1 aliphatic rings. The molecule has 25 heavy (non-hydrogen) atoms. The highest BCUT2D eigenvalue weighted by molar-refractivity contribution is 5.81. The molecule has 4 nitrogen and oxygen atoms in total. The zero-order chi connectivity index (χ0) is 17.2. The smallest absolute Gasteiger partial charge is 0.280 e. The third-order valence-corrected chi connectivity index (χ3v) is 5.11. The van der Waals surface area contributed by atoms with Crippen LogP contribution in [0.5, 0.6) is 5.75 Å². The van der Waals surface area contributed by atoms with Crippen LogP contribution < -0.4 is 10.3 Å². The first kappa shape index (κ1) is 15.9. The van der Waals surface area contributed by atoms with Crippen molar-refractivity contribution in [3.8, 4) is 11.4 Å². The second-order valence-electron chi connectivity index (χ2n) is 6.66. The minimum absolute atomic E-state index is 0.148. The van der Waals surface area contributed by atoms with Crippen molar-refractivity contribution in [2.45, 2.75) is 38.0 Å². The fourth-order valence-corrected chi connectivity index (χ4v) is 3.83. The minimum atomic E-state index is -0.148. The summed E-state index contributed by atoms with van der Waals surface area (Å²) in [6.07, 6.45) is 5.86. The van der Waals surface area contributed by atoms with E-state index in [4.69, 9.17) is 4.74 Å². The Kier molecular flexibility index (Phi) is 4.26. The lowest BCUT2D eigenvalue weighted by Crippen LogP contribution is -2.22. The molecule has 0 bridgehead atoms. The second-order valence-corrected chi connectivity index (χ2v) is 6.66. The summed E-state index contributed by atoms with van der Waals surface area (Å²) in [5.74, 6) is 1.96. The molecule has 1 aromatic heterocycles. The Hall–Kier alpha value is -2.62. The van der Waals surface area contributed by atoms with Gasteiger partial charge in [-0.2, -0.15) is 4.98 Å². The van der Waals surface area contributed by atoms with Crippen molar-refractivity contribution in [1.82, 2.24) is 9.55 Å². The zero-order valence-electron chi connectivity index (χ0n) is 14.4. The van der Waals surface area contributed by atoms with Crippen molar-refractivity contribution in [2.75, 3.05) is 7.11 Å². The maximum Gasteiger partial charge on any atom is 0.280 e. The molecule has 0 spiro atoms. The van der Waals surface area contributed by atoms with Gasteiger partial charge in [0, 0.05) is 17.7 Å². The number of hydrogen-bond acceptors (Lipinski definition) is 3. The first-order valence-electron chi connectivity index (χ1n) is 8.94. The molecule has 4 heteroatoms. The Bertz CT molecular complexity index is 941. The summed E-state index contributed by atoms with van der Waals surface area (Å²) in [6.45, 7) is 0. The third kappa shape index (κ3) is 2.93. The number of benzene rings is 2. The van der Waals surface area contributed by atoms with Crippen LogP contribution in [0, 0.1) is 0 Å². The molecular weight excluding hydrogens is 312 g/mol. The summed E-state index contributed by atoms with van der Waals surface area (Å²) in [4.78, 5) is 17.2. The van der Waals surface area contributed by atoms with Gasteiger partial charge in [-0.25, -0.2) is 0 Å². The fourth-order valence-electron chi connectivity index (χ4n) is 3.83. The number of ether oxygens (including phenoxy) is 1. The number of fused-ring (bicyclic) bond motifs is 1. The zero-order valence-corrected chi connectivity index (χ0v) is 14.4. The van der Waals surface area contributed by atoms with E-state index in [1.54, 1.807) is 7.11 Å². The Labute approximate surface area is 147 Å². The number of methoxy groups -OCH3 is 1. The Morgan fingerprint density at radius 2 is 1.80 bits per heavy atom. The highest BCUT2D eigenvalue weighted by Crippen LogP contribution is 2.34. The van der Waals surface area contributed by atoms with Gasteiger partial charge in [-0.05, 0) is 37.1 Å². The predicted molar refractivity (Wildman–Crippen MR) is 99.7 cm³/mol. The predicted octanol–water partition coefficient (Wildman–Crippen LogP) is 4.44. The molecule has 1 saturated carbocycles. The lowest BCUT2D eigenvalue weighted by Gasteiger charge is -2.25. The summed E-state index contributed by atoms with van der Waals surface area (Å²) in [5, 5.41) is 0.629. The van der Waals surface area contributed by atoms with Crippen molar-refractivity contribution in [3.63, 3.8) is 0 Å². The summed E-state index contributed by atoms with van der Waals surface area (Å²) in [7, 11) is 1.65. The van der Waals surface area contributed by atoms with Crippen LogP contribution in [0.4, 0.5) is 0 Å². The van der Waals surface area contributed by atoms with Gasteiger partial charge in [-0.15, -0.1) is 0 Å². The van der Waals surface area contributed by atoms with Gasteiger partial charge in [0.15, 0.2) is 0 Å². The van der Waals surface area contributed by atoms with Crippen molar-refractivity contribution in [3.05, 3.63) is 64.7 Å². The monoisotopic (exact) mass is 334 g/mol. The quantitative estimate of drug-likeness (QED) is 0.711. The Morgan fingerprint density at radius 1 is 1.04 bits per heavy atom. The molecule has 2 aromatic carbocycles. The standard InChI is InChI=1S/C21H22N2O2/c1-25-17-12-13-18-19(14-17)23(16-10-6-3-7-11-16)20(22-21(18)24)15-8-4-2-5-9-15/h3,6-7,10-15H,2,4-5,8-9H2,1H3. The normalized spacial score (nSPS) is 15.4. The van der Waals surface area contributed by atoms with Gasteiger partial charge >= 0.3 is 0 Å². The average molecular weight is 334 g/mol. The van der Waals surface area contributed by atoms with Crippen molar-refractivity contribution < 1.29 is 4.74 Å². The van der Waals surface area contributed by atoms with Crippen LogP contribution in [0.2, 0.25) is 0 Å². The highest BCUT2D eigenvalue weighted by atomic mass is 16.5. The van der Waals surface area contributed by atoms with Gasteiger partial charge in [0.25, 0.3) is 5.56 Å². The molecule has 0 amide bonds. The molecule has 128 valence electrons. The highest BCUT2D eigenvalue weighted by Gasteiger charge is 2.23. The van der Waals surface area contributed by atoms with E-state index in [1.165, 1.54) is 19.3 Å². The van der Waals surface area contributed by atoms with E-state index >= 15 is 0 Å². The van der Waals surface area contributed by atoms with Gasteiger partial charge in [-0.3, -0.25) is 9.36 Å². The van der Waals surface area contributed by atoms with Gasteiger partial charge in [0.05, 0.1) is 18.0 Å². The third-order valence-electron chi connectivity index (χ3n) is 5.11. The van der Waals surface area contributed by atoms with Crippen LogP contribution in [-0.2, 0) is 0 Å². The largest absolute Gasteiger partial charge is 0.497 e. The van der Waals surface area contributed by atoms with Crippen molar-refractivity contribution >= 4 is 10.9 Å². The lowest BCUT2D eigenvalue weighted by molar-refractivity contribution is 0.414. The molecule has 0 saturated heterocycles. The molecule has 0 N–H and O–H groups in total. The van der Waals surface area contributed by atoms with Gasteiger partial charge in [0.1, 0.15) is 11.6 Å². The average Bonchev–Trinajstić information content (AvgIpc) is 2.68. The Balaban J connectivity index is 2.04. The molecule has 1 heterocycles. The molecular formula is C21H22N2O2. The van der Waals surface area contributed by atoms with Crippen LogP contribution >= 0.6 is 0 Å². The van der Waals surface area contributed by atoms with Crippen LogP contribution in [0.1, 0.15) is 43.8 Å². The molecule has 1 fully saturated rings. The van der Waals surface area contributed by atoms with E-state index in [-0.39, 0.29) is 5.56 Å². The molecule has 1 aliphatic carbocycles. The second kappa shape index (κ2) is 6.71. The Morgan fingerprint density at radius 3 is 2.52 bits per heavy atom. The van der Waals surface area contributed by atoms with Crippen molar-refractivity contribution in [2.24, 2.45) is 0 Å². The molecule has 0 radical (unpaired) electrons. The van der Waals surface area contributed by atoms with E-state index in [1.807, 2.05) is 36.4 Å². The van der Waals surface area contributed by atoms with Gasteiger partial charge in [-0.1, -0.05) is 37.5 Å². The van der Waals surface area contributed by atoms with E-state index < -0.39 is 0 Å². The van der Waals surface area contributed by atoms with E-state index in [9.17, 15) is 4.79 Å². The topological polar surface area (TPSA) is 44.1 Å². The number of aromatic nitrogens is 2. The van der Waals surface area contributed by atoms with Crippen LogP contribution in [-0.4, -0.2) is 16.7 Å². The SMILES string of the molecule is COc1ccc2c(=O)nc(C3CCCCC3)n(-c3ccccc3)c2c1. The van der Waals surface area contributed by atoms with E-state index in [2.05, 4.69) is 21.7 Å². The first-order valence-corrected chi connectivity index (χ1v) is 8.94. The number of nitrogens with zero attached hydrogens (tertiary/aromatic N) is 2. The summed E-state index contributed by atoms with van der Waals surface area (Å²) >= 11 is 0. The number of para-hydroxylation sites is 1. The van der Waals surface area contributed by atoms with Crippen LogP contribution in [0.25, 0.3) is 16.6 Å². The fraction of sp³-hybridized carbons (Fsp3) is 0.333. The maximum absolute atomic E-state index is 12.7.